The third-order valence-corrected chi connectivity index (χ3v) is 3.92. The van der Waals surface area contributed by atoms with E-state index in [1.165, 1.54) is 5.01 Å². The number of nitrogens with one attached hydrogen (secondary N) is 2. The van der Waals surface area contributed by atoms with Gasteiger partial charge in [-0.3, -0.25) is 9.80 Å². The molecule has 1 aliphatic heterocycles. The van der Waals surface area contributed by atoms with Crippen LogP contribution in [0.25, 0.3) is 0 Å². The minimum atomic E-state index is -1.02. The monoisotopic (exact) mass is 359 g/mol. The molecular weight excluding hydrogens is 340 g/mol. The molecule has 0 atom stereocenters. The summed E-state index contributed by atoms with van der Waals surface area (Å²) in [6.45, 7) is 4.50. The maximum absolute atomic E-state index is 13.8. The van der Waals surface area contributed by atoms with Gasteiger partial charge in [0.05, 0.1) is 17.4 Å². The fourth-order valence-electron chi connectivity index (χ4n) is 2.06. The molecule has 1 aromatic carbocycles. The van der Waals surface area contributed by atoms with Gasteiger partial charge in [0.25, 0.3) is 0 Å². The van der Waals surface area contributed by atoms with Crippen molar-refractivity contribution in [1.29, 1.82) is 0 Å². The topological polar surface area (TPSA) is 70.7 Å². The quantitative estimate of drug-likeness (QED) is 0.635. The van der Waals surface area contributed by atoms with Crippen molar-refractivity contribution in [2.75, 3.05) is 17.8 Å². The molecule has 1 fully saturated rings. The summed E-state index contributed by atoms with van der Waals surface area (Å²) in [5.41, 5.74) is 2.37. The Morgan fingerprint density at radius 2 is 2.04 bits per heavy atom. The molecule has 0 aromatic heterocycles. The molecule has 0 unspecified atom stereocenters. The number of nitrogens with zero attached hydrogens (tertiary/aromatic N) is 1. The Morgan fingerprint density at radius 1 is 1.29 bits per heavy atom. The summed E-state index contributed by atoms with van der Waals surface area (Å²) in [4.78, 5) is 23.8. The zero-order valence-corrected chi connectivity index (χ0v) is 14.2. The summed E-state index contributed by atoms with van der Waals surface area (Å²) in [5, 5.41) is 1.08. The van der Waals surface area contributed by atoms with Crippen molar-refractivity contribution >= 4 is 28.8 Å². The molecule has 0 bridgehead atoms. The maximum Gasteiger partial charge on any atom is 0.341 e. The summed E-state index contributed by atoms with van der Waals surface area (Å²) in [5.74, 6) is -2.81. The molecule has 1 aliphatic rings. The number of esters is 1. The average molecular weight is 359 g/mol. The Kier molecular flexibility index (Phi) is 6.38. The molecule has 1 aromatic rings. The van der Waals surface area contributed by atoms with Gasteiger partial charge in [-0.15, -0.1) is 0 Å². The third-order valence-electron chi connectivity index (χ3n) is 3.20. The van der Waals surface area contributed by atoms with Crippen LogP contribution in [0.15, 0.2) is 12.1 Å². The van der Waals surface area contributed by atoms with E-state index in [1.807, 2.05) is 0 Å². The molecule has 2 rings (SSSR count). The summed E-state index contributed by atoms with van der Waals surface area (Å²) in [6.07, 6.45) is 1.44. The van der Waals surface area contributed by atoms with Crippen molar-refractivity contribution in [3.63, 3.8) is 0 Å². The van der Waals surface area contributed by atoms with Gasteiger partial charge in [0.15, 0.2) is 0 Å². The second-order valence-electron chi connectivity index (χ2n) is 5.50. The standard InChI is InChI=1S/C15H19F2N3O3S/c1-9(2)23-14(21)10-7-13(12(17)8-11(10)16)19-24-15(22)20-6-4-3-5-18-20/h7-9,18-19H,3-6H2,1-2H3. The van der Waals surface area contributed by atoms with Crippen LogP contribution in [0.4, 0.5) is 19.3 Å². The smallest absolute Gasteiger partial charge is 0.341 e. The number of benzene rings is 1. The van der Waals surface area contributed by atoms with Crippen LogP contribution in [-0.4, -0.2) is 35.4 Å². The first-order valence-corrected chi connectivity index (χ1v) is 8.38. The number of ether oxygens (including phenoxy) is 1. The van der Waals surface area contributed by atoms with Gasteiger partial charge in [-0.05, 0) is 32.8 Å². The van der Waals surface area contributed by atoms with E-state index in [0.29, 0.717) is 31.1 Å². The Hall–Kier alpha value is -1.87. The lowest BCUT2D eigenvalue weighted by molar-refractivity contribution is 0.0372. The van der Waals surface area contributed by atoms with Gasteiger partial charge >= 0.3 is 11.2 Å². The molecule has 24 heavy (non-hydrogen) atoms. The Balaban J connectivity index is 2.06. The van der Waals surface area contributed by atoms with E-state index in [9.17, 15) is 18.4 Å². The van der Waals surface area contributed by atoms with E-state index < -0.39 is 29.3 Å². The van der Waals surface area contributed by atoms with Crippen LogP contribution >= 0.6 is 11.9 Å². The molecule has 132 valence electrons. The van der Waals surface area contributed by atoms with Crippen LogP contribution < -0.4 is 10.1 Å². The maximum atomic E-state index is 13.8. The van der Waals surface area contributed by atoms with E-state index in [0.717, 1.165) is 18.9 Å². The number of hydrogen-bond acceptors (Lipinski definition) is 6. The summed E-state index contributed by atoms with van der Waals surface area (Å²) in [6, 6.07) is 1.59. The van der Waals surface area contributed by atoms with Gasteiger partial charge in [-0.2, -0.15) is 0 Å². The molecule has 0 spiro atoms. The number of carbonyl (C=O) groups excluding carboxylic acids is 2. The zero-order valence-electron chi connectivity index (χ0n) is 13.4. The largest absolute Gasteiger partial charge is 0.459 e. The van der Waals surface area contributed by atoms with Gasteiger partial charge < -0.3 is 9.46 Å². The second-order valence-corrected chi connectivity index (χ2v) is 6.26. The summed E-state index contributed by atoms with van der Waals surface area (Å²) < 4.78 is 35.0. The van der Waals surface area contributed by atoms with Crippen molar-refractivity contribution in [2.24, 2.45) is 0 Å². The number of hydrogen-bond donors (Lipinski definition) is 2. The fourth-order valence-corrected chi connectivity index (χ4v) is 2.68. The average Bonchev–Trinajstić information content (AvgIpc) is 2.53. The first-order chi connectivity index (χ1) is 11.4. The van der Waals surface area contributed by atoms with Crippen LogP contribution in [0.5, 0.6) is 0 Å². The van der Waals surface area contributed by atoms with E-state index in [4.69, 9.17) is 4.74 Å². The molecule has 9 heteroatoms. The lowest BCUT2D eigenvalue weighted by atomic mass is 10.2. The van der Waals surface area contributed by atoms with Crippen molar-refractivity contribution in [3.05, 3.63) is 29.3 Å². The first-order valence-electron chi connectivity index (χ1n) is 7.56. The van der Waals surface area contributed by atoms with E-state index >= 15 is 0 Å². The van der Waals surface area contributed by atoms with E-state index in [2.05, 4.69) is 10.1 Å². The number of carbonyl (C=O) groups is 2. The molecule has 0 saturated carbocycles. The van der Waals surface area contributed by atoms with Gasteiger partial charge in [0, 0.05) is 31.1 Å². The molecule has 1 amide bonds. The second kappa shape index (κ2) is 8.29. The van der Waals surface area contributed by atoms with Crippen LogP contribution in [0.1, 0.15) is 37.0 Å². The lowest BCUT2D eigenvalue weighted by Crippen LogP contribution is -2.45. The van der Waals surface area contributed by atoms with Crippen molar-refractivity contribution in [1.82, 2.24) is 10.4 Å². The van der Waals surface area contributed by atoms with Gasteiger partial charge in [0.2, 0.25) is 0 Å². The highest BCUT2D eigenvalue weighted by Crippen LogP contribution is 2.24. The van der Waals surface area contributed by atoms with Gasteiger partial charge in [0.1, 0.15) is 11.6 Å². The molecular formula is C15H19F2N3O3S. The minimum absolute atomic E-state index is 0.164. The Labute approximate surface area is 143 Å². The molecule has 6 nitrogen and oxygen atoms in total. The van der Waals surface area contributed by atoms with Gasteiger partial charge in [-0.1, -0.05) is 0 Å². The Morgan fingerprint density at radius 3 is 2.67 bits per heavy atom. The highest BCUT2D eigenvalue weighted by Gasteiger charge is 2.21. The normalized spacial score (nSPS) is 14.6. The fraction of sp³-hybridized carbons (Fsp3) is 0.467. The predicted molar refractivity (Wildman–Crippen MR) is 87.5 cm³/mol. The predicted octanol–water partition coefficient (Wildman–Crippen LogP) is 3.31. The first kappa shape index (κ1) is 18.5. The number of halogens is 2. The zero-order chi connectivity index (χ0) is 17.7. The van der Waals surface area contributed by atoms with Crippen LogP contribution in [0.2, 0.25) is 0 Å². The van der Waals surface area contributed by atoms with Crippen molar-refractivity contribution < 1.29 is 23.1 Å². The number of amides is 1. The molecule has 1 heterocycles. The molecule has 0 aliphatic carbocycles. The van der Waals surface area contributed by atoms with Gasteiger partial charge in [-0.25, -0.2) is 19.0 Å². The van der Waals surface area contributed by atoms with E-state index in [1.54, 1.807) is 13.8 Å². The molecule has 1 saturated heterocycles. The van der Waals surface area contributed by atoms with Crippen LogP contribution in [0, 0.1) is 11.6 Å². The molecule has 2 N–H and O–H groups in total. The van der Waals surface area contributed by atoms with Crippen LogP contribution in [0.3, 0.4) is 0 Å². The lowest BCUT2D eigenvalue weighted by Gasteiger charge is -2.26. The summed E-state index contributed by atoms with van der Waals surface area (Å²) in [7, 11) is 0. The van der Waals surface area contributed by atoms with Crippen molar-refractivity contribution in [2.45, 2.75) is 32.8 Å². The number of hydrazine groups is 1. The van der Waals surface area contributed by atoms with E-state index in [-0.39, 0.29) is 10.9 Å². The highest BCUT2D eigenvalue weighted by atomic mass is 32.2. The van der Waals surface area contributed by atoms with Crippen LogP contribution in [-0.2, 0) is 4.74 Å². The highest BCUT2D eigenvalue weighted by molar-refractivity contribution is 8.14. The third kappa shape index (κ3) is 4.81. The van der Waals surface area contributed by atoms with Crippen molar-refractivity contribution in [3.8, 4) is 0 Å². The SMILES string of the molecule is CC(C)OC(=O)c1cc(NSC(=O)N2CCCCN2)c(F)cc1F. The molecule has 0 radical (unpaired) electrons. The summed E-state index contributed by atoms with van der Waals surface area (Å²) >= 11 is 0.650. The minimum Gasteiger partial charge on any atom is -0.459 e. The number of rotatable bonds is 4. The number of anilines is 1. The Bertz CT molecular complexity index is 622.